The van der Waals surface area contributed by atoms with Crippen LogP contribution in [0.5, 0.6) is 0 Å². The lowest BCUT2D eigenvalue weighted by atomic mass is 10.2. The molecule has 1 aromatic rings. The molecule has 0 atom stereocenters. The number of H-pyrrole nitrogens is 1. The molecular weight excluding hydrogens is 370 g/mol. The molecule has 9 nitrogen and oxygen atoms in total. The molecule has 10 heteroatoms. The van der Waals surface area contributed by atoms with Gasteiger partial charge in [0.2, 0.25) is 0 Å². The maximum atomic E-state index is 13.1. The fourth-order valence-electron chi connectivity index (χ4n) is 3.29. The summed E-state index contributed by atoms with van der Waals surface area (Å²) < 4.78 is 32.9. The predicted octanol–water partition coefficient (Wildman–Crippen LogP) is -0.238. The largest absolute Gasteiger partial charge is 0.379 e. The number of aromatic nitrogens is 1. The van der Waals surface area contributed by atoms with Crippen molar-refractivity contribution in [1.82, 2.24) is 14.5 Å². The Kier molecular flexibility index (Phi) is 6.18. The number of amides is 2. The molecule has 27 heavy (non-hydrogen) atoms. The molecule has 0 spiro atoms. The Balaban J connectivity index is 1.74. The maximum absolute atomic E-state index is 13.1. The molecule has 1 aromatic heterocycles. The van der Waals surface area contributed by atoms with Gasteiger partial charge in [-0.2, -0.15) is 4.31 Å². The Hall–Kier alpha value is -1.91. The minimum Gasteiger partial charge on any atom is -0.379 e. The summed E-state index contributed by atoms with van der Waals surface area (Å²) in [7, 11) is -3.60. The minimum atomic E-state index is -3.60. The van der Waals surface area contributed by atoms with Gasteiger partial charge in [-0.05, 0) is 13.8 Å². The van der Waals surface area contributed by atoms with E-state index >= 15 is 0 Å². The number of ether oxygens (including phenoxy) is 1. The van der Waals surface area contributed by atoms with Gasteiger partial charge in [0.05, 0.1) is 18.9 Å². The van der Waals surface area contributed by atoms with E-state index in [1.165, 1.54) is 10.5 Å². The molecule has 0 saturated carbocycles. The fourth-order valence-corrected chi connectivity index (χ4v) is 4.88. The van der Waals surface area contributed by atoms with Crippen LogP contribution < -0.4 is 15.2 Å². The number of sulfonamides is 1. The molecule has 2 aliphatic rings. The summed E-state index contributed by atoms with van der Waals surface area (Å²) in [6.45, 7) is 7.67. The Morgan fingerprint density at radius 2 is 1.81 bits per heavy atom. The van der Waals surface area contributed by atoms with Crippen molar-refractivity contribution in [3.8, 4) is 0 Å². The summed E-state index contributed by atoms with van der Waals surface area (Å²) in [6, 6.07) is 1.80. The lowest BCUT2D eigenvalue weighted by Crippen LogP contribution is -2.53. The summed E-state index contributed by atoms with van der Waals surface area (Å²) in [5.41, 5.74) is 0.671. The number of nitrogens with zero attached hydrogens (tertiary/aromatic N) is 3. The van der Waals surface area contributed by atoms with Crippen molar-refractivity contribution in [1.29, 1.82) is 0 Å². The van der Waals surface area contributed by atoms with Crippen molar-refractivity contribution >= 4 is 21.7 Å². The number of urea groups is 1. The van der Waals surface area contributed by atoms with Gasteiger partial charge >= 0.3 is 6.03 Å². The van der Waals surface area contributed by atoms with Gasteiger partial charge in [-0.15, -0.1) is 0 Å². The van der Waals surface area contributed by atoms with Crippen LogP contribution in [0.1, 0.15) is 13.8 Å². The average Bonchev–Trinajstić information content (AvgIpc) is 2.68. The van der Waals surface area contributed by atoms with E-state index in [0.717, 1.165) is 0 Å². The van der Waals surface area contributed by atoms with Crippen molar-refractivity contribution in [2.24, 2.45) is 0 Å². The number of carbonyl (C=O) groups is 1. The first-order valence-electron chi connectivity index (χ1n) is 9.28. The molecule has 2 amide bonds. The van der Waals surface area contributed by atoms with E-state index in [2.05, 4.69) is 10.3 Å². The molecular formula is C17H28N5O4S+. The van der Waals surface area contributed by atoms with Gasteiger partial charge in [0, 0.05) is 51.4 Å². The standard InChI is InChI=1S/C17H27N5O4S/c1-14(2)19-17(23)21-7-5-20(6-8-21)15-3-4-18-13-16(15)27(24,25)22-9-11-26-12-10-22/h3-4,13-14H,5-12H2,1-2H3,(H,19,23)/p+1. The van der Waals surface area contributed by atoms with Gasteiger partial charge < -0.3 is 19.9 Å². The van der Waals surface area contributed by atoms with Gasteiger partial charge in [0.25, 0.3) is 10.0 Å². The van der Waals surface area contributed by atoms with Crippen LogP contribution in [0.15, 0.2) is 23.4 Å². The number of hydrogen-bond donors (Lipinski definition) is 1. The number of rotatable bonds is 4. The zero-order valence-electron chi connectivity index (χ0n) is 15.8. The first-order valence-corrected chi connectivity index (χ1v) is 10.7. The summed E-state index contributed by atoms with van der Waals surface area (Å²) in [4.78, 5) is 19.1. The normalized spacial score (nSPS) is 19.4. The first kappa shape index (κ1) is 19.8. The molecule has 2 saturated heterocycles. The van der Waals surface area contributed by atoms with Gasteiger partial charge in [-0.1, -0.05) is 0 Å². The topological polar surface area (TPSA) is 96.3 Å². The number of pyridine rings is 1. The summed E-state index contributed by atoms with van der Waals surface area (Å²) in [5.74, 6) is 0. The van der Waals surface area contributed by atoms with Crippen molar-refractivity contribution in [2.45, 2.75) is 24.8 Å². The second-order valence-corrected chi connectivity index (χ2v) is 8.89. The zero-order valence-corrected chi connectivity index (χ0v) is 16.7. The molecule has 2 aliphatic heterocycles. The summed E-state index contributed by atoms with van der Waals surface area (Å²) >= 11 is 0. The third-order valence-corrected chi connectivity index (χ3v) is 6.64. The molecule has 3 rings (SSSR count). The molecule has 0 aromatic carbocycles. The van der Waals surface area contributed by atoms with Gasteiger partial charge in [-0.25, -0.2) is 18.2 Å². The SMILES string of the molecule is CC(C)NC(=O)N1CCN(c2cc[nH+]cc2S(=O)(=O)N2CCOCC2)CC1. The number of carbonyl (C=O) groups excluding carboxylic acids is 1. The van der Waals surface area contributed by atoms with E-state index in [1.807, 2.05) is 18.7 Å². The third kappa shape index (κ3) is 4.50. The maximum Gasteiger partial charge on any atom is 0.317 e. The number of piperazine rings is 1. The Morgan fingerprint density at radius 1 is 1.15 bits per heavy atom. The van der Waals surface area contributed by atoms with E-state index in [1.54, 1.807) is 17.2 Å². The van der Waals surface area contributed by atoms with Crippen LogP contribution in [0.4, 0.5) is 10.5 Å². The monoisotopic (exact) mass is 398 g/mol. The number of aromatic amines is 1. The summed E-state index contributed by atoms with van der Waals surface area (Å²) in [5, 5.41) is 2.89. The predicted molar refractivity (Wildman–Crippen MR) is 100 cm³/mol. The van der Waals surface area contributed by atoms with Crippen LogP contribution >= 0.6 is 0 Å². The van der Waals surface area contributed by atoms with Crippen molar-refractivity contribution in [2.75, 3.05) is 57.4 Å². The highest BCUT2D eigenvalue weighted by Crippen LogP contribution is 2.27. The van der Waals surface area contributed by atoms with Crippen molar-refractivity contribution in [3.05, 3.63) is 18.5 Å². The smallest absolute Gasteiger partial charge is 0.317 e. The summed E-state index contributed by atoms with van der Waals surface area (Å²) in [6.07, 6.45) is 3.27. The van der Waals surface area contributed by atoms with Crippen LogP contribution in [-0.4, -0.2) is 82.2 Å². The minimum absolute atomic E-state index is 0.0767. The van der Waals surface area contributed by atoms with E-state index in [4.69, 9.17) is 4.74 Å². The van der Waals surface area contributed by atoms with Crippen LogP contribution in [-0.2, 0) is 14.8 Å². The molecule has 0 aliphatic carbocycles. The number of anilines is 1. The van der Waals surface area contributed by atoms with Gasteiger partial charge in [0.15, 0.2) is 17.3 Å². The molecule has 0 bridgehead atoms. The average molecular weight is 399 g/mol. The van der Waals surface area contributed by atoms with Crippen molar-refractivity contribution in [3.63, 3.8) is 0 Å². The van der Waals surface area contributed by atoms with E-state index in [-0.39, 0.29) is 17.0 Å². The van der Waals surface area contributed by atoms with Crippen LogP contribution in [0, 0.1) is 0 Å². The fraction of sp³-hybridized carbons (Fsp3) is 0.647. The van der Waals surface area contributed by atoms with Crippen LogP contribution in [0.3, 0.4) is 0 Å². The molecule has 2 fully saturated rings. The Morgan fingerprint density at radius 3 is 2.44 bits per heavy atom. The van der Waals surface area contributed by atoms with Crippen LogP contribution in [0.2, 0.25) is 0 Å². The van der Waals surface area contributed by atoms with Gasteiger partial charge in [0.1, 0.15) is 0 Å². The first-order chi connectivity index (χ1) is 12.9. The lowest BCUT2D eigenvalue weighted by molar-refractivity contribution is -0.380. The van der Waals surface area contributed by atoms with Crippen molar-refractivity contribution < 1.29 is 22.9 Å². The highest BCUT2D eigenvalue weighted by atomic mass is 32.2. The lowest BCUT2D eigenvalue weighted by Gasteiger charge is -2.37. The number of morpholine rings is 1. The number of nitrogens with one attached hydrogen (secondary N) is 2. The van der Waals surface area contributed by atoms with E-state index in [9.17, 15) is 13.2 Å². The molecule has 0 radical (unpaired) electrons. The Bertz CT molecular complexity index is 756. The highest BCUT2D eigenvalue weighted by Gasteiger charge is 2.33. The van der Waals surface area contributed by atoms with E-state index in [0.29, 0.717) is 58.2 Å². The van der Waals surface area contributed by atoms with E-state index < -0.39 is 10.0 Å². The highest BCUT2D eigenvalue weighted by molar-refractivity contribution is 7.89. The second kappa shape index (κ2) is 8.41. The number of hydrogen-bond acceptors (Lipinski definition) is 5. The second-order valence-electron chi connectivity index (χ2n) is 6.99. The molecule has 3 heterocycles. The van der Waals surface area contributed by atoms with Gasteiger partial charge in [-0.3, -0.25) is 0 Å². The quantitative estimate of drug-likeness (QED) is 0.755. The molecule has 0 unspecified atom stereocenters. The third-order valence-electron chi connectivity index (χ3n) is 4.71. The molecule has 2 N–H and O–H groups in total. The Labute approximate surface area is 160 Å². The zero-order chi connectivity index (χ0) is 19.4. The molecule has 150 valence electrons. The van der Waals surface area contributed by atoms with Crippen LogP contribution in [0.25, 0.3) is 0 Å².